The van der Waals surface area contributed by atoms with Crippen LogP contribution in [0.25, 0.3) is 10.8 Å². The van der Waals surface area contributed by atoms with Crippen molar-refractivity contribution in [3.63, 3.8) is 0 Å². The van der Waals surface area contributed by atoms with Gasteiger partial charge in [-0.15, -0.1) is 0 Å². The highest BCUT2D eigenvalue weighted by molar-refractivity contribution is 9.11. The molecule has 92 valence electrons. The number of nitrogens with one attached hydrogen (secondary N) is 2. The van der Waals surface area contributed by atoms with Crippen LogP contribution < -0.4 is 0 Å². The van der Waals surface area contributed by atoms with Crippen molar-refractivity contribution in [2.24, 2.45) is 0 Å². The zero-order valence-electron chi connectivity index (χ0n) is 9.04. The Morgan fingerprint density at radius 2 is 1.44 bits per heavy atom. The van der Waals surface area contributed by atoms with Crippen molar-refractivity contribution in [3.05, 3.63) is 45.3 Å². The lowest BCUT2D eigenvalue weighted by Gasteiger charge is -2.00. The Bertz CT molecular complexity index is 576. The summed E-state index contributed by atoms with van der Waals surface area (Å²) in [5, 5.41) is 13.3. The van der Waals surface area contributed by atoms with Gasteiger partial charge in [0.25, 0.3) is 0 Å². The van der Waals surface area contributed by atoms with Crippen LogP contribution in [0.2, 0.25) is 0 Å². The summed E-state index contributed by atoms with van der Waals surface area (Å²) in [5.41, 5.74) is 0. The minimum atomic E-state index is 0.750. The van der Waals surface area contributed by atoms with E-state index in [1.807, 2.05) is 12.1 Å². The van der Waals surface area contributed by atoms with Crippen LogP contribution in [0.15, 0.2) is 45.3 Å². The van der Waals surface area contributed by atoms with Gasteiger partial charge in [-0.25, -0.2) is 20.4 Å². The molecule has 2 aromatic rings. The highest BCUT2D eigenvalue weighted by Crippen LogP contribution is 2.27. The topological polar surface area (TPSA) is 81.8 Å². The van der Waals surface area contributed by atoms with Crippen LogP contribution >= 0.6 is 31.9 Å². The molecule has 0 fully saturated rings. The van der Waals surface area contributed by atoms with E-state index in [0.717, 1.165) is 21.1 Å². The summed E-state index contributed by atoms with van der Waals surface area (Å²) in [7, 11) is 0. The van der Waals surface area contributed by atoms with E-state index in [4.69, 9.17) is 20.4 Å². The fourth-order valence-electron chi connectivity index (χ4n) is 1.23. The van der Waals surface area contributed by atoms with Gasteiger partial charge in [0.05, 0.1) is 0 Å². The van der Waals surface area contributed by atoms with Crippen molar-refractivity contribution in [1.82, 2.24) is 0 Å². The van der Waals surface area contributed by atoms with Crippen LogP contribution in [0.5, 0.6) is 0 Å². The molecule has 0 amide bonds. The van der Waals surface area contributed by atoms with Crippen molar-refractivity contribution < 1.29 is 9.59 Å². The summed E-state index contributed by atoms with van der Waals surface area (Å²) in [6.45, 7) is 0. The van der Waals surface area contributed by atoms with E-state index in [0.29, 0.717) is 0 Å². The fourth-order valence-corrected chi connectivity index (χ4v) is 2.62. The molecule has 2 rings (SSSR count). The molecular weight excluding hydrogens is 364 g/mol. The number of halogens is 2. The summed E-state index contributed by atoms with van der Waals surface area (Å²) < 4.78 is 2.24. The van der Waals surface area contributed by atoms with Gasteiger partial charge >= 0.3 is 0 Å². The van der Waals surface area contributed by atoms with Crippen LogP contribution in [-0.4, -0.2) is 12.2 Å². The summed E-state index contributed by atoms with van der Waals surface area (Å²) in [6, 6.07) is 12.5. The minimum absolute atomic E-state index is 0.750. The van der Waals surface area contributed by atoms with Crippen molar-refractivity contribution in [1.29, 1.82) is 10.8 Å². The molecule has 0 radical (unpaired) electrons. The third-order valence-corrected chi connectivity index (χ3v) is 2.89. The van der Waals surface area contributed by atoms with Gasteiger partial charge in [-0.05, 0) is 22.9 Å². The molecule has 0 aliphatic carbocycles. The average molecular weight is 372 g/mol. The second kappa shape index (κ2) is 9.45. The maximum Gasteiger partial charge on any atom is 0.231 e. The molecule has 18 heavy (non-hydrogen) atoms. The maximum atomic E-state index is 8.35. The van der Waals surface area contributed by atoms with Crippen LogP contribution in [0, 0.1) is 10.8 Å². The molecule has 4 nitrogen and oxygen atoms in total. The Morgan fingerprint density at radius 3 is 2.00 bits per heavy atom. The average Bonchev–Trinajstić information content (AvgIpc) is 2.31. The molecule has 0 aliphatic rings. The number of hydrogen-bond donors (Lipinski definition) is 2. The summed E-state index contributed by atoms with van der Waals surface area (Å²) in [4.78, 5) is 16.7. The molecule has 0 atom stereocenters. The van der Waals surface area contributed by atoms with Crippen LogP contribution in [0.1, 0.15) is 0 Å². The first kappa shape index (κ1) is 16.4. The van der Waals surface area contributed by atoms with Gasteiger partial charge in [-0.2, -0.15) is 0 Å². The molecule has 2 N–H and O–H groups in total. The second-order valence-corrected chi connectivity index (χ2v) is 4.58. The standard InChI is InChI=1S/C10H6Br2.2CHNO/c11-8-5-7-3-1-2-4-9(7)10(12)6-8;2*2-1-3/h1-6H;2*2H. The van der Waals surface area contributed by atoms with Crippen LogP contribution in [0.4, 0.5) is 0 Å². The van der Waals surface area contributed by atoms with E-state index >= 15 is 0 Å². The van der Waals surface area contributed by atoms with Gasteiger partial charge in [0, 0.05) is 8.95 Å². The normalized spacial score (nSPS) is 7.89. The lowest BCUT2D eigenvalue weighted by Crippen LogP contribution is -1.74. The summed E-state index contributed by atoms with van der Waals surface area (Å²) in [5.74, 6) is 0. The monoisotopic (exact) mass is 370 g/mol. The zero-order valence-corrected chi connectivity index (χ0v) is 12.2. The van der Waals surface area contributed by atoms with Crippen molar-refractivity contribution in [2.45, 2.75) is 0 Å². The molecule has 0 bridgehead atoms. The molecule has 0 saturated heterocycles. The fraction of sp³-hybridized carbons (Fsp3) is 0. The van der Waals surface area contributed by atoms with Crippen molar-refractivity contribution >= 4 is 54.8 Å². The van der Waals surface area contributed by atoms with Crippen LogP contribution in [-0.2, 0) is 9.59 Å². The van der Waals surface area contributed by atoms with E-state index in [1.54, 1.807) is 0 Å². The Hall–Kier alpha value is -1.58. The Morgan fingerprint density at radius 1 is 0.944 bits per heavy atom. The van der Waals surface area contributed by atoms with E-state index < -0.39 is 0 Å². The molecule has 0 spiro atoms. The van der Waals surface area contributed by atoms with E-state index in [2.05, 4.69) is 56.1 Å². The van der Waals surface area contributed by atoms with Crippen molar-refractivity contribution in [3.8, 4) is 0 Å². The second-order valence-electron chi connectivity index (χ2n) is 2.81. The van der Waals surface area contributed by atoms with Gasteiger partial charge in [-0.1, -0.05) is 56.1 Å². The molecule has 0 heterocycles. The number of isocyanates is 2. The maximum absolute atomic E-state index is 8.35. The SMILES string of the molecule is Brc1cc(Br)c2ccccc2c1.N=C=O.N=C=O. The van der Waals surface area contributed by atoms with Gasteiger partial charge in [-0.3, -0.25) is 0 Å². The molecular formula is C12H8Br2N2O2. The Kier molecular flexibility index (Phi) is 8.62. The third-order valence-electron chi connectivity index (χ3n) is 1.78. The van der Waals surface area contributed by atoms with Gasteiger partial charge in [0.2, 0.25) is 12.2 Å². The minimum Gasteiger partial charge on any atom is -0.222 e. The first-order chi connectivity index (χ1) is 8.60. The number of fused-ring (bicyclic) bond motifs is 1. The smallest absolute Gasteiger partial charge is 0.222 e. The highest BCUT2D eigenvalue weighted by Gasteiger charge is 1.98. The molecule has 0 unspecified atom stereocenters. The molecule has 0 saturated carbocycles. The van der Waals surface area contributed by atoms with Crippen molar-refractivity contribution in [2.75, 3.05) is 0 Å². The Balaban J connectivity index is 0.000000414. The van der Waals surface area contributed by atoms with Gasteiger partial charge < -0.3 is 0 Å². The largest absolute Gasteiger partial charge is 0.231 e. The predicted molar refractivity (Wildman–Crippen MR) is 76.2 cm³/mol. The number of carbonyl (C=O) groups excluding carboxylic acids is 2. The molecule has 0 aliphatic heterocycles. The number of rotatable bonds is 0. The van der Waals surface area contributed by atoms with E-state index in [9.17, 15) is 0 Å². The van der Waals surface area contributed by atoms with Gasteiger partial charge in [0.1, 0.15) is 0 Å². The summed E-state index contributed by atoms with van der Waals surface area (Å²) in [6.07, 6.45) is 1.50. The summed E-state index contributed by atoms with van der Waals surface area (Å²) >= 11 is 6.97. The third kappa shape index (κ3) is 5.66. The van der Waals surface area contributed by atoms with Gasteiger partial charge in [0.15, 0.2) is 0 Å². The quantitative estimate of drug-likeness (QED) is 0.538. The van der Waals surface area contributed by atoms with E-state index in [1.165, 1.54) is 10.8 Å². The molecule has 6 heteroatoms. The molecule has 0 aromatic heterocycles. The molecule has 2 aromatic carbocycles. The highest BCUT2D eigenvalue weighted by atomic mass is 79.9. The zero-order chi connectivity index (χ0) is 14.0. The first-order valence-electron chi connectivity index (χ1n) is 4.52. The predicted octanol–water partition coefficient (Wildman–Crippen LogP) is 4.17. The Labute approximate surface area is 120 Å². The number of benzene rings is 2. The lowest BCUT2D eigenvalue weighted by atomic mass is 10.1. The van der Waals surface area contributed by atoms with Crippen LogP contribution in [0.3, 0.4) is 0 Å². The lowest BCUT2D eigenvalue weighted by molar-refractivity contribution is 0.562. The number of hydrogen-bond acceptors (Lipinski definition) is 4. The van der Waals surface area contributed by atoms with E-state index in [-0.39, 0.29) is 0 Å². The first-order valence-corrected chi connectivity index (χ1v) is 6.10.